The molecule has 1 aromatic rings. The Morgan fingerprint density at radius 3 is 2.41 bits per heavy atom. The first-order valence-electron chi connectivity index (χ1n) is 4.48. The van der Waals surface area contributed by atoms with Crippen molar-refractivity contribution in [2.24, 2.45) is 5.73 Å². The van der Waals surface area contributed by atoms with Crippen molar-refractivity contribution in [3.63, 3.8) is 0 Å². The molecule has 17 heavy (non-hydrogen) atoms. The first-order valence-corrected chi connectivity index (χ1v) is 4.48. The molecule has 94 valence electrons. The van der Waals surface area contributed by atoms with Gasteiger partial charge in [-0.25, -0.2) is 0 Å². The van der Waals surface area contributed by atoms with Crippen LogP contribution in [0.4, 0.5) is 23.2 Å². The van der Waals surface area contributed by atoms with Gasteiger partial charge in [0, 0.05) is 12.6 Å². The fourth-order valence-corrected chi connectivity index (χ4v) is 1.35. The molecule has 0 aliphatic rings. The largest absolute Gasteiger partial charge is 0.396 e. The van der Waals surface area contributed by atoms with Crippen LogP contribution in [0.1, 0.15) is 11.5 Å². The molecule has 0 radical (unpaired) electrons. The Morgan fingerprint density at radius 1 is 1.41 bits per heavy atom. The average Bonchev–Trinajstić information content (AvgIpc) is 2.19. The quantitative estimate of drug-likeness (QED) is 0.510. The third-order valence-corrected chi connectivity index (χ3v) is 2.20. The number of nitro groups is 1. The standard InChI is InChI=1S/C9H8F4N2O2/c10-7-2-1-5(3-8(7)15(16)17)6(4-14)9(11,12)13/h1-3,6H,4,14H2. The van der Waals surface area contributed by atoms with E-state index in [4.69, 9.17) is 5.73 Å². The number of hydrogen-bond donors (Lipinski definition) is 1. The molecule has 0 spiro atoms. The molecule has 1 unspecified atom stereocenters. The topological polar surface area (TPSA) is 69.2 Å². The summed E-state index contributed by atoms with van der Waals surface area (Å²) in [6.45, 7) is -0.758. The average molecular weight is 252 g/mol. The van der Waals surface area contributed by atoms with E-state index in [0.29, 0.717) is 12.1 Å². The highest BCUT2D eigenvalue weighted by atomic mass is 19.4. The van der Waals surface area contributed by atoms with E-state index in [1.807, 2.05) is 0 Å². The van der Waals surface area contributed by atoms with Crippen LogP contribution in [0.25, 0.3) is 0 Å². The molecule has 0 saturated carbocycles. The van der Waals surface area contributed by atoms with Crippen LogP contribution in [-0.2, 0) is 0 Å². The van der Waals surface area contributed by atoms with Gasteiger partial charge in [0.25, 0.3) is 0 Å². The van der Waals surface area contributed by atoms with Crippen LogP contribution < -0.4 is 5.73 Å². The van der Waals surface area contributed by atoms with Crippen LogP contribution in [0.15, 0.2) is 18.2 Å². The molecular formula is C9H8F4N2O2. The summed E-state index contributed by atoms with van der Waals surface area (Å²) in [6.07, 6.45) is -4.62. The van der Waals surface area contributed by atoms with Crippen LogP contribution >= 0.6 is 0 Å². The zero-order chi connectivity index (χ0) is 13.2. The number of hydrogen-bond acceptors (Lipinski definition) is 3. The van der Waals surface area contributed by atoms with Crippen LogP contribution in [0.3, 0.4) is 0 Å². The SMILES string of the molecule is NCC(c1ccc(F)c([N+](=O)[O-])c1)C(F)(F)F. The lowest BCUT2D eigenvalue weighted by Gasteiger charge is -2.18. The molecule has 1 atom stereocenters. The fraction of sp³-hybridized carbons (Fsp3) is 0.333. The predicted molar refractivity (Wildman–Crippen MR) is 50.9 cm³/mol. The highest BCUT2D eigenvalue weighted by Crippen LogP contribution is 2.35. The molecule has 0 aromatic heterocycles. The van der Waals surface area contributed by atoms with Crippen molar-refractivity contribution < 1.29 is 22.5 Å². The van der Waals surface area contributed by atoms with E-state index in [2.05, 4.69) is 0 Å². The second-order valence-corrected chi connectivity index (χ2v) is 3.30. The van der Waals surface area contributed by atoms with E-state index in [1.54, 1.807) is 0 Å². The van der Waals surface area contributed by atoms with Gasteiger partial charge in [-0.1, -0.05) is 6.07 Å². The lowest BCUT2D eigenvalue weighted by Crippen LogP contribution is -2.28. The second-order valence-electron chi connectivity index (χ2n) is 3.30. The monoisotopic (exact) mass is 252 g/mol. The van der Waals surface area contributed by atoms with Crippen molar-refractivity contribution in [2.75, 3.05) is 6.54 Å². The van der Waals surface area contributed by atoms with Crippen molar-refractivity contribution in [2.45, 2.75) is 12.1 Å². The Bertz CT molecular complexity index is 433. The highest BCUT2D eigenvalue weighted by Gasteiger charge is 2.40. The number of nitrogens with zero attached hydrogens (tertiary/aromatic N) is 1. The van der Waals surface area contributed by atoms with Crippen LogP contribution in [0, 0.1) is 15.9 Å². The Labute approximate surface area is 93.2 Å². The smallest absolute Gasteiger partial charge is 0.330 e. The summed E-state index contributed by atoms with van der Waals surface area (Å²) < 4.78 is 50.4. The molecule has 8 heteroatoms. The van der Waals surface area contributed by atoms with E-state index in [-0.39, 0.29) is 0 Å². The van der Waals surface area contributed by atoms with Crippen LogP contribution in [0.2, 0.25) is 0 Å². The summed E-state index contributed by atoms with van der Waals surface area (Å²) in [5.74, 6) is -3.22. The summed E-state index contributed by atoms with van der Waals surface area (Å²) >= 11 is 0. The van der Waals surface area contributed by atoms with Crippen molar-refractivity contribution in [3.05, 3.63) is 39.7 Å². The normalized spacial score (nSPS) is 13.5. The Kier molecular flexibility index (Phi) is 3.66. The third-order valence-electron chi connectivity index (χ3n) is 2.20. The Hall–Kier alpha value is -1.70. The first kappa shape index (κ1) is 13.4. The molecule has 0 bridgehead atoms. The highest BCUT2D eigenvalue weighted by molar-refractivity contribution is 5.38. The van der Waals surface area contributed by atoms with Gasteiger partial charge in [-0.2, -0.15) is 17.6 Å². The molecule has 1 aromatic carbocycles. The summed E-state index contributed by atoms with van der Waals surface area (Å²) in [4.78, 5) is 9.31. The van der Waals surface area contributed by atoms with Gasteiger partial charge in [0.05, 0.1) is 10.8 Å². The Morgan fingerprint density at radius 2 is 2.00 bits per heavy atom. The van der Waals surface area contributed by atoms with Crippen molar-refractivity contribution in [3.8, 4) is 0 Å². The molecule has 0 fully saturated rings. The number of benzene rings is 1. The van der Waals surface area contributed by atoms with Gasteiger partial charge in [-0.15, -0.1) is 0 Å². The molecule has 0 aliphatic heterocycles. The van der Waals surface area contributed by atoms with Crippen molar-refractivity contribution in [1.29, 1.82) is 0 Å². The molecule has 4 nitrogen and oxygen atoms in total. The van der Waals surface area contributed by atoms with Gasteiger partial charge in [-0.3, -0.25) is 10.1 Å². The molecule has 0 amide bonds. The Balaban J connectivity index is 3.23. The maximum Gasteiger partial charge on any atom is 0.396 e. The van der Waals surface area contributed by atoms with Gasteiger partial charge in [0.1, 0.15) is 0 Å². The molecule has 0 heterocycles. The molecule has 2 N–H and O–H groups in total. The van der Waals surface area contributed by atoms with E-state index in [1.165, 1.54) is 0 Å². The minimum absolute atomic E-state index is 0.423. The van der Waals surface area contributed by atoms with Gasteiger partial charge < -0.3 is 5.73 Å². The minimum Gasteiger partial charge on any atom is -0.330 e. The number of nitrogens with two attached hydrogens (primary N) is 1. The number of alkyl halides is 3. The van der Waals surface area contributed by atoms with Crippen LogP contribution in [-0.4, -0.2) is 17.6 Å². The van der Waals surface area contributed by atoms with E-state index in [0.717, 1.165) is 6.07 Å². The van der Waals surface area contributed by atoms with Crippen molar-refractivity contribution >= 4 is 5.69 Å². The number of nitro benzene ring substituents is 1. The second kappa shape index (κ2) is 4.66. The number of halogens is 4. The van der Waals surface area contributed by atoms with Gasteiger partial charge >= 0.3 is 11.9 Å². The summed E-state index contributed by atoms with van der Waals surface area (Å²) in [5, 5.41) is 10.4. The minimum atomic E-state index is -4.62. The molecular weight excluding hydrogens is 244 g/mol. The number of rotatable bonds is 3. The summed E-state index contributed by atoms with van der Waals surface area (Å²) in [7, 11) is 0. The first-order chi connectivity index (χ1) is 7.77. The fourth-order valence-electron chi connectivity index (χ4n) is 1.35. The van der Waals surface area contributed by atoms with E-state index in [9.17, 15) is 27.7 Å². The summed E-state index contributed by atoms with van der Waals surface area (Å²) in [6, 6.07) is 2.02. The van der Waals surface area contributed by atoms with Gasteiger partial charge in [0.2, 0.25) is 5.82 Å². The lowest BCUT2D eigenvalue weighted by atomic mass is 9.98. The van der Waals surface area contributed by atoms with Gasteiger partial charge in [0.15, 0.2) is 0 Å². The zero-order valence-corrected chi connectivity index (χ0v) is 8.37. The summed E-state index contributed by atoms with van der Waals surface area (Å²) in [5.41, 5.74) is 3.55. The predicted octanol–water partition coefficient (Wildman–Crippen LogP) is 2.34. The van der Waals surface area contributed by atoms with Crippen molar-refractivity contribution in [1.82, 2.24) is 0 Å². The molecule has 1 rings (SSSR count). The van der Waals surface area contributed by atoms with Crippen LogP contribution in [0.5, 0.6) is 0 Å². The third kappa shape index (κ3) is 2.90. The lowest BCUT2D eigenvalue weighted by molar-refractivity contribution is -0.387. The van der Waals surface area contributed by atoms with E-state index >= 15 is 0 Å². The maximum absolute atomic E-state index is 12.9. The van der Waals surface area contributed by atoms with E-state index < -0.39 is 40.6 Å². The molecule has 0 aliphatic carbocycles. The molecule has 0 saturated heterocycles. The maximum atomic E-state index is 12.9. The zero-order valence-electron chi connectivity index (χ0n) is 8.37. The van der Waals surface area contributed by atoms with Gasteiger partial charge in [-0.05, 0) is 11.6 Å².